The number of nitrogens with one attached hydrogen (secondary N) is 2. The van der Waals surface area contributed by atoms with Gasteiger partial charge in [0.2, 0.25) is 0 Å². The summed E-state index contributed by atoms with van der Waals surface area (Å²) in [5.74, 6) is 0.655. The Morgan fingerprint density at radius 1 is 1.29 bits per heavy atom. The van der Waals surface area contributed by atoms with Crippen molar-refractivity contribution in [1.82, 2.24) is 19.7 Å². The zero-order valence-corrected chi connectivity index (χ0v) is 17.6. The third-order valence-electron chi connectivity index (χ3n) is 3.88. The van der Waals surface area contributed by atoms with Crippen molar-refractivity contribution >= 4 is 46.1 Å². The molecule has 0 atom stereocenters. The fraction of sp³-hybridized carbons (Fsp3) is 0.368. The zero-order valence-electron chi connectivity index (χ0n) is 16.8. The second-order valence-electron chi connectivity index (χ2n) is 7.35. The van der Waals surface area contributed by atoms with Crippen LogP contribution in [0.3, 0.4) is 0 Å². The first-order chi connectivity index (χ1) is 13.2. The SMILES string of the molecule is CSc1ncc2c(Nc3cc(NC(=O)OC(C)(C)C)ccc3C)nn(C)c2n1. The number of anilines is 3. The van der Waals surface area contributed by atoms with Crippen molar-refractivity contribution in [2.75, 3.05) is 16.9 Å². The maximum Gasteiger partial charge on any atom is 0.412 e. The number of carbonyl (C=O) groups excluding carboxylic acids is 1. The molecule has 3 aromatic rings. The molecule has 0 fully saturated rings. The molecule has 0 bridgehead atoms. The van der Waals surface area contributed by atoms with E-state index in [-0.39, 0.29) is 0 Å². The smallest absolute Gasteiger partial charge is 0.412 e. The summed E-state index contributed by atoms with van der Waals surface area (Å²) in [6.07, 6.45) is 3.20. The van der Waals surface area contributed by atoms with Gasteiger partial charge in [-0.3, -0.25) is 5.32 Å². The molecule has 2 N–H and O–H groups in total. The quantitative estimate of drug-likeness (QED) is 0.492. The molecule has 0 aliphatic heterocycles. The van der Waals surface area contributed by atoms with Gasteiger partial charge in [0, 0.05) is 24.6 Å². The van der Waals surface area contributed by atoms with E-state index in [1.165, 1.54) is 11.8 Å². The number of aromatic nitrogens is 4. The predicted octanol–water partition coefficient (Wildman–Crippen LogP) is 4.48. The van der Waals surface area contributed by atoms with Crippen molar-refractivity contribution in [3.8, 4) is 0 Å². The van der Waals surface area contributed by atoms with Gasteiger partial charge in [-0.05, 0) is 51.6 Å². The van der Waals surface area contributed by atoms with Crippen molar-refractivity contribution in [3.63, 3.8) is 0 Å². The molecule has 1 amide bonds. The first-order valence-corrected chi connectivity index (χ1v) is 10.00. The van der Waals surface area contributed by atoms with Crippen molar-refractivity contribution in [1.29, 1.82) is 0 Å². The molecule has 148 valence electrons. The summed E-state index contributed by atoms with van der Waals surface area (Å²) in [5.41, 5.74) is 2.65. The van der Waals surface area contributed by atoms with E-state index in [4.69, 9.17) is 4.74 Å². The van der Waals surface area contributed by atoms with Crippen LogP contribution in [-0.4, -0.2) is 37.7 Å². The fourth-order valence-corrected chi connectivity index (χ4v) is 2.93. The molecule has 9 heteroatoms. The van der Waals surface area contributed by atoms with Gasteiger partial charge in [0.05, 0.1) is 5.39 Å². The summed E-state index contributed by atoms with van der Waals surface area (Å²) in [7, 11) is 1.85. The molecule has 0 unspecified atom stereocenters. The van der Waals surface area contributed by atoms with E-state index in [0.717, 1.165) is 22.3 Å². The van der Waals surface area contributed by atoms with Crippen LogP contribution in [0.1, 0.15) is 26.3 Å². The molecule has 0 radical (unpaired) electrons. The first-order valence-electron chi connectivity index (χ1n) is 8.77. The number of nitrogens with zero attached hydrogens (tertiary/aromatic N) is 4. The summed E-state index contributed by atoms with van der Waals surface area (Å²) >= 11 is 1.48. The number of rotatable bonds is 4. The Balaban J connectivity index is 1.87. The van der Waals surface area contributed by atoms with Gasteiger partial charge in [-0.2, -0.15) is 5.10 Å². The molecule has 1 aromatic carbocycles. The van der Waals surface area contributed by atoms with E-state index in [0.29, 0.717) is 16.7 Å². The Kier molecular flexibility index (Phi) is 5.46. The number of amides is 1. The highest BCUT2D eigenvalue weighted by Crippen LogP contribution is 2.28. The number of benzene rings is 1. The largest absolute Gasteiger partial charge is 0.444 e. The van der Waals surface area contributed by atoms with Crippen LogP contribution in [0.15, 0.2) is 29.6 Å². The van der Waals surface area contributed by atoms with E-state index in [2.05, 4.69) is 25.7 Å². The lowest BCUT2D eigenvalue weighted by Crippen LogP contribution is -2.27. The molecule has 0 saturated heterocycles. The molecule has 28 heavy (non-hydrogen) atoms. The van der Waals surface area contributed by atoms with Crippen molar-refractivity contribution < 1.29 is 9.53 Å². The highest BCUT2D eigenvalue weighted by molar-refractivity contribution is 7.98. The van der Waals surface area contributed by atoms with Gasteiger partial charge in [0.15, 0.2) is 16.6 Å². The normalized spacial score (nSPS) is 11.5. The number of hydrogen-bond donors (Lipinski definition) is 2. The van der Waals surface area contributed by atoms with Crippen LogP contribution in [0.2, 0.25) is 0 Å². The second-order valence-corrected chi connectivity index (χ2v) is 8.12. The standard InChI is InChI=1S/C19H24N6O2S/c1-11-7-8-12(21-18(26)27-19(2,3)4)9-14(11)22-15-13-10-20-17(28-6)23-16(13)25(5)24-15/h7-10H,1-6H3,(H,21,26)(H,22,24). The van der Waals surface area contributed by atoms with Gasteiger partial charge in [-0.15, -0.1) is 0 Å². The lowest BCUT2D eigenvalue weighted by atomic mass is 10.1. The van der Waals surface area contributed by atoms with Gasteiger partial charge < -0.3 is 10.1 Å². The van der Waals surface area contributed by atoms with Crippen LogP contribution < -0.4 is 10.6 Å². The minimum atomic E-state index is -0.557. The van der Waals surface area contributed by atoms with Crippen LogP contribution in [0.5, 0.6) is 0 Å². The van der Waals surface area contributed by atoms with Gasteiger partial charge in [-0.25, -0.2) is 19.4 Å². The molecular weight excluding hydrogens is 376 g/mol. The topological polar surface area (TPSA) is 94.0 Å². The maximum atomic E-state index is 12.0. The molecular formula is C19H24N6O2S. The Morgan fingerprint density at radius 2 is 2.04 bits per heavy atom. The first kappa shape index (κ1) is 19.9. The summed E-state index contributed by atoms with van der Waals surface area (Å²) in [4.78, 5) is 20.9. The number of aryl methyl sites for hydroxylation is 2. The average Bonchev–Trinajstić information content (AvgIpc) is 2.91. The molecule has 3 rings (SSSR count). The Labute approximate surface area is 168 Å². The molecule has 0 aliphatic carbocycles. The van der Waals surface area contributed by atoms with Crippen LogP contribution in [0.25, 0.3) is 11.0 Å². The highest BCUT2D eigenvalue weighted by Gasteiger charge is 2.17. The number of fused-ring (bicyclic) bond motifs is 1. The molecule has 2 heterocycles. The predicted molar refractivity (Wildman–Crippen MR) is 112 cm³/mol. The monoisotopic (exact) mass is 400 g/mol. The number of thioether (sulfide) groups is 1. The molecule has 0 spiro atoms. The molecule has 8 nitrogen and oxygen atoms in total. The summed E-state index contributed by atoms with van der Waals surface area (Å²) in [6.45, 7) is 7.45. The van der Waals surface area contributed by atoms with Crippen molar-refractivity contribution in [2.24, 2.45) is 7.05 Å². The highest BCUT2D eigenvalue weighted by atomic mass is 32.2. The lowest BCUT2D eigenvalue weighted by Gasteiger charge is -2.20. The third-order valence-corrected chi connectivity index (χ3v) is 4.44. The van der Waals surface area contributed by atoms with E-state index >= 15 is 0 Å². The fourth-order valence-electron chi connectivity index (χ4n) is 2.60. The Morgan fingerprint density at radius 3 is 2.71 bits per heavy atom. The lowest BCUT2D eigenvalue weighted by molar-refractivity contribution is 0.0636. The Bertz CT molecular complexity index is 1030. The summed E-state index contributed by atoms with van der Waals surface area (Å²) in [5, 5.41) is 12.1. The summed E-state index contributed by atoms with van der Waals surface area (Å²) in [6, 6.07) is 5.59. The maximum absolute atomic E-state index is 12.0. The molecule has 0 saturated carbocycles. The second kappa shape index (κ2) is 7.67. The number of carbonyl (C=O) groups is 1. The van der Waals surface area contributed by atoms with Gasteiger partial charge in [-0.1, -0.05) is 17.8 Å². The Hall–Kier alpha value is -2.81. The molecule has 2 aromatic heterocycles. The average molecular weight is 401 g/mol. The number of ether oxygens (including phenoxy) is 1. The van der Waals surface area contributed by atoms with Crippen LogP contribution in [0.4, 0.5) is 22.0 Å². The number of hydrogen-bond acceptors (Lipinski definition) is 7. The van der Waals surface area contributed by atoms with Crippen LogP contribution >= 0.6 is 11.8 Å². The van der Waals surface area contributed by atoms with Gasteiger partial charge in [0.25, 0.3) is 0 Å². The minimum Gasteiger partial charge on any atom is -0.444 e. The third kappa shape index (κ3) is 4.53. The summed E-state index contributed by atoms with van der Waals surface area (Å²) < 4.78 is 7.03. The van der Waals surface area contributed by atoms with E-state index in [1.54, 1.807) is 10.9 Å². The van der Waals surface area contributed by atoms with Crippen molar-refractivity contribution in [2.45, 2.75) is 38.5 Å². The van der Waals surface area contributed by atoms with E-state index < -0.39 is 11.7 Å². The van der Waals surface area contributed by atoms with Gasteiger partial charge >= 0.3 is 6.09 Å². The van der Waals surface area contributed by atoms with Crippen molar-refractivity contribution in [3.05, 3.63) is 30.0 Å². The van der Waals surface area contributed by atoms with Crippen LogP contribution in [0, 0.1) is 6.92 Å². The zero-order chi connectivity index (χ0) is 20.5. The van der Waals surface area contributed by atoms with Crippen LogP contribution in [-0.2, 0) is 11.8 Å². The molecule has 0 aliphatic rings. The van der Waals surface area contributed by atoms with E-state index in [9.17, 15) is 4.79 Å². The van der Waals surface area contributed by atoms with E-state index in [1.807, 2.05) is 59.2 Å². The van der Waals surface area contributed by atoms with Gasteiger partial charge in [0.1, 0.15) is 5.60 Å². The minimum absolute atomic E-state index is 0.497.